The van der Waals surface area contributed by atoms with E-state index in [4.69, 9.17) is 0 Å². The Balaban J connectivity index is 1.87. The smallest absolute Gasteiger partial charge is 0.446 e. The lowest BCUT2D eigenvalue weighted by Gasteiger charge is -2.36. The van der Waals surface area contributed by atoms with Gasteiger partial charge in [0, 0.05) is 43.3 Å². The number of benzene rings is 1. The lowest BCUT2D eigenvalue weighted by atomic mass is 10.2. The second-order valence-corrected chi connectivity index (χ2v) is 6.34. The molecule has 1 aliphatic rings. The molecule has 0 aliphatic carbocycles. The van der Waals surface area contributed by atoms with Crippen molar-refractivity contribution in [2.75, 3.05) is 44.7 Å². The number of rotatable bonds is 5. The molecule has 8 heteroatoms. The molecule has 0 N–H and O–H groups in total. The zero-order chi connectivity index (χ0) is 16.9. The zero-order valence-corrected chi connectivity index (χ0v) is 13.6. The minimum absolute atomic E-state index is 0.0952. The van der Waals surface area contributed by atoms with Crippen molar-refractivity contribution in [3.8, 4) is 0 Å². The van der Waals surface area contributed by atoms with Gasteiger partial charge in [-0.15, -0.1) is 0 Å². The van der Waals surface area contributed by atoms with E-state index in [-0.39, 0.29) is 22.6 Å². The third-order valence-corrected chi connectivity index (χ3v) is 4.37. The normalized spacial score (nSPS) is 16.4. The van der Waals surface area contributed by atoms with Crippen LogP contribution in [0.4, 0.5) is 18.9 Å². The largest absolute Gasteiger partial charge is 0.469 e. The molecular weight excluding hydrogens is 329 g/mol. The second kappa shape index (κ2) is 7.92. The summed E-state index contributed by atoms with van der Waals surface area (Å²) >= 11 is -0.0952. The number of methoxy groups -OCH3 is 1. The number of carbonyl (C=O) groups excluding carboxylic acids is 1. The summed E-state index contributed by atoms with van der Waals surface area (Å²) in [5, 5.41) is 0. The first-order valence-corrected chi connectivity index (χ1v) is 8.09. The van der Waals surface area contributed by atoms with E-state index in [2.05, 4.69) is 14.5 Å². The number of halogens is 3. The standard InChI is InChI=1S/C15H19F3N2O2S/c1-22-14(21)5-6-19-7-9-20(10-8-19)12-3-2-4-13(11-12)23-15(16,17)18/h2-4,11H,5-10H2,1H3. The van der Waals surface area contributed by atoms with Crippen molar-refractivity contribution in [2.24, 2.45) is 0 Å². The van der Waals surface area contributed by atoms with Gasteiger partial charge in [0.2, 0.25) is 0 Å². The average Bonchev–Trinajstić information content (AvgIpc) is 2.51. The second-order valence-electron chi connectivity index (χ2n) is 5.20. The van der Waals surface area contributed by atoms with E-state index in [0.29, 0.717) is 13.0 Å². The minimum atomic E-state index is -4.27. The first kappa shape index (κ1) is 17.9. The zero-order valence-electron chi connectivity index (χ0n) is 12.8. The van der Waals surface area contributed by atoms with Crippen molar-refractivity contribution in [3.05, 3.63) is 24.3 Å². The molecule has 1 aromatic carbocycles. The van der Waals surface area contributed by atoms with E-state index in [1.807, 2.05) is 6.07 Å². The van der Waals surface area contributed by atoms with E-state index in [9.17, 15) is 18.0 Å². The van der Waals surface area contributed by atoms with Gasteiger partial charge in [-0.3, -0.25) is 9.69 Å². The number of carbonyl (C=O) groups is 1. The Hall–Kier alpha value is -1.41. The number of esters is 1. The fraction of sp³-hybridized carbons (Fsp3) is 0.533. The van der Waals surface area contributed by atoms with Crippen LogP contribution in [0.5, 0.6) is 0 Å². The summed E-state index contributed by atoms with van der Waals surface area (Å²) in [6.07, 6.45) is 0.355. The molecule has 0 aromatic heterocycles. The summed E-state index contributed by atoms with van der Waals surface area (Å²) in [4.78, 5) is 15.6. The first-order valence-electron chi connectivity index (χ1n) is 7.27. The van der Waals surface area contributed by atoms with Crippen molar-refractivity contribution in [3.63, 3.8) is 0 Å². The average molecular weight is 348 g/mol. The molecule has 0 saturated carbocycles. The summed E-state index contributed by atoms with van der Waals surface area (Å²) < 4.78 is 42.0. The molecule has 1 aromatic rings. The first-order chi connectivity index (χ1) is 10.9. The molecule has 0 unspecified atom stereocenters. The summed E-state index contributed by atoms with van der Waals surface area (Å²) in [5.41, 5.74) is -3.47. The van der Waals surface area contributed by atoms with Crippen LogP contribution in [-0.4, -0.2) is 56.2 Å². The third kappa shape index (κ3) is 5.95. The highest BCUT2D eigenvalue weighted by atomic mass is 32.2. The molecular formula is C15H19F3N2O2S. The van der Waals surface area contributed by atoms with E-state index < -0.39 is 5.51 Å². The summed E-state index contributed by atoms with van der Waals surface area (Å²) in [5.74, 6) is -0.232. The highest BCUT2D eigenvalue weighted by Gasteiger charge is 2.29. The quantitative estimate of drug-likeness (QED) is 0.603. The molecule has 0 radical (unpaired) electrons. The van der Waals surface area contributed by atoms with Crippen LogP contribution in [0.1, 0.15) is 6.42 Å². The Morgan fingerprint density at radius 2 is 1.96 bits per heavy atom. The third-order valence-electron chi connectivity index (χ3n) is 3.65. The highest BCUT2D eigenvalue weighted by Crippen LogP contribution is 2.38. The SMILES string of the molecule is COC(=O)CCN1CCN(c2cccc(SC(F)(F)F)c2)CC1. The van der Waals surface area contributed by atoms with Crippen LogP contribution in [0.25, 0.3) is 0 Å². The Bertz CT molecular complexity index is 532. The van der Waals surface area contributed by atoms with Gasteiger partial charge in [0.25, 0.3) is 0 Å². The minimum Gasteiger partial charge on any atom is -0.469 e. The lowest BCUT2D eigenvalue weighted by molar-refractivity contribution is -0.141. The van der Waals surface area contributed by atoms with Crippen molar-refractivity contribution >= 4 is 23.4 Å². The van der Waals surface area contributed by atoms with Crippen LogP contribution in [0.3, 0.4) is 0 Å². The van der Waals surface area contributed by atoms with Crippen LogP contribution in [0, 0.1) is 0 Å². The number of ether oxygens (including phenoxy) is 1. The molecule has 1 saturated heterocycles. The molecule has 128 valence electrons. The van der Waals surface area contributed by atoms with Gasteiger partial charge in [0.15, 0.2) is 0 Å². The molecule has 1 heterocycles. The molecule has 4 nitrogen and oxygen atoms in total. The van der Waals surface area contributed by atoms with E-state index in [0.717, 1.165) is 31.9 Å². The van der Waals surface area contributed by atoms with Gasteiger partial charge in [-0.1, -0.05) is 6.07 Å². The molecule has 23 heavy (non-hydrogen) atoms. The Morgan fingerprint density at radius 3 is 2.57 bits per heavy atom. The lowest BCUT2D eigenvalue weighted by Crippen LogP contribution is -2.47. The van der Waals surface area contributed by atoms with Crippen molar-refractivity contribution in [2.45, 2.75) is 16.8 Å². The Kier molecular flexibility index (Phi) is 6.17. The number of piperazine rings is 1. The van der Waals surface area contributed by atoms with Crippen LogP contribution < -0.4 is 4.90 Å². The molecule has 2 rings (SSSR count). The van der Waals surface area contributed by atoms with Gasteiger partial charge in [-0.05, 0) is 30.0 Å². The van der Waals surface area contributed by atoms with Crippen LogP contribution in [-0.2, 0) is 9.53 Å². The van der Waals surface area contributed by atoms with Gasteiger partial charge >= 0.3 is 11.5 Å². The molecule has 0 amide bonds. The van der Waals surface area contributed by atoms with Gasteiger partial charge in [-0.25, -0.2) is 0 Å². The number of hydrogen-bond acceptors (Lipinski definition) is 5. The van der Waals surface area contributed by atoms with Crippen LogP contribution >= 0.6 is 11.8 Å². The van der Waals surface area contributed by atoms with Crippen molar-refractivity contribution in [1.29, 1.82) is 0 Å². The summed E-state index contributed by atoms with van der Waals surface area (Å²) in [6.45, 7) is 3.63. The number of alkyl halides is 3. The number of anilines is 1. The molecule has 0 atom stereocenters. The maximum Gasteiger partial charge on any atom is 0.446 e. The molecule has 1 aliphatic heterocycles. The maximum atomic E-state index is 12.5. The predicted molar refractivity (Wildman–Crippen MR) is 83.6 cm³/mol. The van der Waals surface area contributed by atoms with E-state index in [1.165, 1.54) is 13.2 Å². The van der Waals surface area contributed by atoms with E-state index >= 15 is 0 Å². The van der Waals surface area contributed by atoms with Crippen LogP contribution in [0.15, 0.2) is 29.2 Å². The summed E-state index contributed by atoms with van der Waals surface area (Å²) in [6, 6.07) is 6.51. The maximum absolute atomic E-state index is 12.5. The van der Waals surface area contributed by atoms with Crippen molar-refractivity contribution in [1.82, 2.24) is 4.90 Å². The van der Waals surface area contributed by atoms with E-state index in [1.54, 1.807) is 12.1 Å². The number of nitrogens with zero attached hydrogens (tertiary/aromatic N) is 2. The monoisotopic (exact) mass is 348 g/mol. The molecule has 0 bridgehead atoms. The van der Waals surface area contributed by atoms with Gasteiger partial charge in [0.05, 0.1) is 13.5 Å². The van der Waals surface area contributed by atoms with Gasteiger partial charge < -0.3 is 9.64 Å². The number of hydrogen-bond donors (Lipinski definition) is 0. The Labute approximate surface area is 137 Å². The Morgan fingerprint density at radius 1 is 1.26 bits per heavy atom. The van der Waals surface area contributed by atoms with Crippen LogP contribution in [0.2, 0.25) is 0 Å². The molecule has 0 spiro atoms. The van der Waals surface area contributed by atoms with Gasteiger partial charge in [-0.2, -0.15) is 13.2 Å². The fourth-order valence-electron chi connectivity index (χ4n) is 2.46. The fourth-order valence-corrected chi connectivity index (χ4v) is 3.05. The van der Waals surface area contributed by atoms with Crippen molar-refractivity contribution < 1.29 is 22.7 Å². The predicted octanol–water partition coefficient (Wildman–Crippen LogP) is 2.98. The number of thioether (sulfide) groups is 1. The topological polar surface area (TPSA) is 32.8 Å². The summed E-state index contributed by atoms with van der Waals surface area (Å²) in [7, 11) is 1.37. The van der Waals surface area contributed by atoms with Gasteiger partial charge in [0.1, 0.15) is 0 Å². The highest BCUT2D eigenvalue weighted by molar-refractivity contribution is 8.00. The molecule has 1 fully saturated rings.